The summed E-state index contributed by atoms with van der Waals surface area (Å²) in [6.07, 6.45) is -5.07. The average molecular weight is 865 g/mol. The first kappa shape index (κ1) is 43.9. The van der Waals surface area contributed by atoms with Crippen LogP contribution >= 0.6 is 11.6 Å². The Morgan fingerprint density at radius 2 is 0.554 bits per heavy atom. The number of hydrogen-bond acceptors (Lipinski definition) is 0. The molecule has 298 valence electrons. The van der Waals surface area contributed by atoms with Crippen LogP contribution in [0.1, 0.15) is 0 Å². The number of benzene rings is 5. The van der Waals surface area contributed by atoms with Gasteiger partial charge in [-0.2, -0.15) is 0 Å². The Morgan fingerprint density at radius 1 is 0.357 bits per heavy atom. The highest BCUT2D eigenvalue weighted by Crippen LogP contribution is 2.30. The Morgan fingerprint density at radius 3 is 0.750 bits per heavy atom. The van der Waals surface area contributed by atoms with Gasteiger partial charge in [-0.15, -0.1) is 21.9 Å². The minimum atomic E-state index is -7.22. The van der Waals surface area contributed by atoms with E-state index in [1.807, 2.05) is 23.6 Å². The van der Waals surface area contributed by atoms with Crippen molar-refractivity contribution in [2.75, 3.05) is 6.26 Å². The molecule has 56 heavy (non-hydrogen) atoms. The van der Waals surface area contributed by atoms with Crippen molar-refractivity contribution in [1.29, 1.82) is 0 Å². The van der Waals surface area contributed by atoms with Crippen molar-refractivity contribution >= 4 is 50.5 Å². The van der Waals surface area contributed by atoms with Gasteiger partial charge < -0.3 is 0 Å². The highest BCUT2D eigenvalue weighted by atomic mass is 35.5. The molecule has 23 heteroatoms. The minimum absolute atomic E-state index is 0.154. The van der Waals surface area contributed by atoms with Gasteiger partial charge in [-0.3, -0.25) is 0 Å². The second-order valence-corrected chi connectivity index (χ2v) is 13.0. The second kappa shape index (κ2) is 16.3. The van der Waals surface area contributed by atoms with Crippen LogP contribution < -0.4 is 21.9 Å². The highest BCUT2D eigenvalue weighted by molar-refractivity contribution is 7.99. The molecule has 0 aliphatic carbocycles. The van der Waals surface area contributed by atoms with E-state index < -0.39 is 144 Å². The molecule has 0 aliphatic rings. The Kier molecular flexibility index (Phi) is 12.8. The van der Waals surface area contributed by atoms with E-state index in [4.69, 9.17) is 11.6 Å². The molecule has 0 N–H and O–H groups in total. The van der Waals surface area contributed by atoms with E-state index in [0.717, 1.165) is 0 Å². The lowest BCUT2D eigenvalue weighted by Crippen LogP contribution is -2.81. The molecule has 5 rings (SSSR count). The molecular formula is C33H10BClF20S. The maximum atomic E-state index is 15.4. The quantitative estimate of drug-likeness (QED) is 0.0527. The third-order valence-corrected chi connectivity index (χ3v) is 9.91. The molecular weight excluding hydrogens is 855 g/mol. The number of hydrogen-bond donors (Lipinski definition) is 0. The Hall–Kier alpha value is -4.86. The highest BCUT2D eigenvalue weighted by Gasteiger charge is 2.52. The molecule has 0 saturated heterocycles. The lowest BCUT2D eigenvalue weighted by atomic mass is 9.12. The Labute approximate surface area is 306 Å². The third kappa shape index (κ3) is 6.73. The summed E-state index contributed by atoms with van der Waals surface area (Å²) in [5.41, 5.74) is -12.8. The van der Waals surface area contributed by atoms with Gasteiger partial charge in [0.05, 0.1) is 16.4 Å². The summed E-state index contributed by atoms with van der Waals surface area (Å²) < 4.78 is 294. The molecule has 1 unspecified atom stereocenters. The van der Waals surface area contributed by atoms with Crippen LogP contribution in [0.4, 0.5) is 87.8 Å². The van der Waals surface area contributed by atoms with Gasteiger partial charge in [-0.05, 0) is 12.1 Å². The lowest BCUT2D eigenvalue weighted by Gasteiger charge is -2.44. The largest absolute Gasteiger partial charge is 0.207 e. The molecule has 0 radical (unpaired) electrons. The maximum Gasteiger partial charge on any atom is 0.200 e. The SMILES string of the molecule is C[S+](/C=C\Cl)c1ccccc1.Fc1c(F)c(F)c([B-](c2c(F)c(F)c(F)c(F)c2F)(c2c(F)c(F)c(F)c(F)c2F)c2c(F)c(F)c(F)c(F)c2F)c(F)c1F. The fraction of sp³-hybridized carbons (Fsp3) is 0.0303. The van der Waals surface area contributed by atoms with Gasteiger partial charge in [0.15, 0.2) is 74.7 Å². The molecule has 0 spiro atoms. The van der Waals surface area contributed by atoms with Gasteiger partial charge in [-0.1, -0.05) is 29.8 Å². The fourth-order valence-corrected chi connectivity index (χ4v) is 7.03. The molecule has 0 nitrogen and oxygen atoms in total. The Bertz CT molecular complexity index is 2020. The van der Waals surface area contributed by atoms with E-state index in [1.165, 1.54) is 4.90 Å². The first-order valence-corrected chi connectivity index (χ1v) is 16.4. The first-order chi connectivity index (χ1) is 26.0. The van der Waals surface area contributed by atoms with Crippen LogP contribution in [0.25, 0.3) is 0 Å². The summed E-state index contributed by atoms with van der Waals surface area (Å²) in [5.74, 6) is -71.4. The van der Waals surface area contributed by atoms with Crippen LogP contribution in [0.2, 0.25) is 0 Å². The summed E-state index contributed by atoms with van der Waals surface area (Å²) >= 11 is 5.47. The van der Waals surface area contributed by atoms with Crippen LogP contribution in [0.5, 0.6) is 0 Å². The molecule has 5 aromatic rings. The summed E-state index contributed by atoms with van der Waals surface area (Å²) in [7, 11) is 0.154. The van der Waals surface area contributed by atoms with Gasteiger partial charge in [0, 0.05) is 0 Å². The van der Waals surface area contributed by atoms with Crippen molar-refractivity contribution in [2.24, 2.45) is 0 Å². The van der Waals surface area contributed by atoms with Crippen LogP contribution in [0.3, 0.4) is 0 Å². The van der Waals surface area contributed by atoms with Crippen molar-refractivity contribution in [3.63, 3.8) is 0 Å². The number of halogens is 21. The summed E-state index contributed by atoms with van der Waals surface area (Å²) in [6, 6.07) is 10.3. The summed E-state index contributed by atoms with van der Waals surface area (Å²) in [5, 5.41) is 2.00. The van der Waals surface area contributed by atoms with Gasteiger partial charge >= 0.3 is 0 Å². The van der Waals surface area contributed by atoms with E-state index >= 15 is 35.1 Å². The average Bonchev–Trinajstić information content (AvgIpc) is 3.18. The minimum Gasteiger partial charge on any atom is -0.207 e. The van der Waals surface area contributed by atoms with Crippen LogP contribution in [0.15, 0.2) is 46.2 Å². The van der Waals surface area contributed by atoms with E-state index in [2.05, 4.69) is 18.4 Å². The maximum absolute atomic E-state index is 15.4. The monoisotopic (exact) mass is 864 g/mol. The van der Waals surface area contributed by atoms with Crippen molar-refractivity contribution in [2.45, 2.75) is 4.90 Å². The molecule has 0 bridgehead atoms. The molecule has 5 aromatic carbocycles. The zero-order valence-electron chi connectivity index (χ0n) is 26.5. The first-order valence-electron chi connectivity index (χ1n) is 14.2. The fourth-order valence-electron chi connectivity index (χ4n) is 5.67. The topological polar surface area (TPSA) is 0 Å². The smallest absolute Gasteiger partial charge is 0.200 e. The third-order valence-electron chi connectivity index (χ3n) is 8.08. The zero-order valence-corrected chi connectivity index (χ0v) is 28.0. The van der Waals surface area contributed by atoms with E-state index in [1.54, 1.807) is 5.54 Å². The molecule has 0 saturated carbocycles. The van der Waals surface area contributed by atoms with E-state index in [9.17, 15) is 52.7 Å². The van der Waals surface area contributed by atoms with Crippen molar-refractivity contribution < 1.29 is 87.8 Å². The van der Waals surface area contributed by atoms with Gasteiger partial charge in [-0.25, -0.2) is 87.8 Å². The lowest BCUT2D eigenvalue weighted by molar-refractivity contribution is 0.378. The zero-order chi connectivity index (χ0) is 42.5. The van der Waals surface area contributed by atoms with Crippen LogP contribution in [-0.4, -0.2) is 12.4 Å². The summed E-state index contributed by atoms with van der Waals surface area (Å²) in [4.78, 5) is 1.32. The molecule has 0 heterocycles. The van der Waals surface area contributed by atoms with Gasteiger partial charge in [0.2, 0.25) is 0 Å². The van der Waals surface area contributed by atoms with E-state index in [-0.39, 0.29) is 10.9 Å². The molecule has 0 aliphatic heterocycles. The van der Waals surface area contributed by atoms with Crippen molar-refractivity contribution in [3.05, 3.63) is 158 Å². The predicted molar refractivity (Wildman–Crippen MR) is 162 cm³/mol. The van der Waals surface area contributed by atoms with Crippen molar-refractivity contribution in [3.8, 4) is 0 Å². The number of rotatable bonds is 6. The predicted octanol–water partition coefficient (Wildman–Crippen LogP) is 8.85. The Balaban J connectivity index is 0.000000544. The van der Waals surface area contributed by atoms with Crippen LogP contribution in [-0.2, 0) is 10.9 Å². The van der Waals surface area contributed by atoms with Crippen LogP contribution in [0, 0.1) is 116 Å². The normalized spacial score (nSPS) is 12.3. The van der Waals surface area contributed by atoms with E-state index in [0.29, 0.717) is 0 Å². The standard InChI is InChI=1S/C24BF20.C9H10ClS/c26-5-1(6(27)14(35)21(42)13(5)34)25(2-7(28)15(36)22(43)16(37)8(2)29,3-9(30)17(38)23(44)18(39)10(3)31)4-11(32)19(40)24(45)20(41)12(4)33;1-11(8-7-10)9-5-3-2-4-6-9/h;2-8H,1H3/q-1;+1/b;8-7-. The molecule has 1 atom stereocenters. The second-order valence-electron chi connectivity index (χ2n) is 10.9. The molecule has 0 fully saturated rings. The molecule has 0 aromatic heterocycles. The molecule has 0 amide bonds. The van der Waals surface area contributed by atoms with Gasteiger partial charge in [0.25, 0.3) is 0 Å². The van der Waals surface area contributed by atoms with Gasteiger partial charge in [0.1, 0.15) is 64.3 Å². The van der Waals surface area contributed by atoms with Crippen molar-refractivity contribution in [1.82, 2.24) is 0 Å². The summed E-state index contributed by atoms with van der Waals surface area (Å²) in [6.45, 7) is 0.